The van der Waals surface area contributed by atoms with Gasteiger partial charge >= 0.3 is 0 Å². The normalized spacial score (nSPS) is 21.2. The molecular weight excluding hydrogens is 235 g/mol. The highest BCUT2D eigenvalue weighted by atomic mass is 31.2. The lowest BCUT2D eigenvalue weighted by Gasteiger charge is -2.25. The van der Waals surface area contributed by atoms with Gasteiger partial charge in [-0.05, 0) is 30.3 Å². The van der Waals surface area contributed by atoms with Gasteiger partial charge < -0.3 is 15.9 Å². The van der Waals surface area contributed by atoms with Crippen LogP contribution >= 0.6 is 7.37 Å². The Bertz CT molecular complexity index is 655. The lowest BCUT2D eigenvalue weighted by atomic mass is 10.2. The summed E-state index contributed by atoms with van der Waals surface area (Å²) in [7, 11) is -3.54. The van der Waals surface area contributed by atoms with Crippen LogP contribution < -0.4 is 21.7 Å². The van der Waals surface area contributed by atoms with Gasteiger partial charge in [0.05, 0.1) is 22.0 Å². The van der Waals surface area contributed by atoms with Crippen molar-refractivity contribution in [1.29, 1.82) is 0 Å². The highest BCUT2D eigenvalue weighted by Crippen LogP contribution is 2.47. The van der Waals surface area contributed by atoms with Gasteiger partial charge in [0, 0.05) is 5.69 Å². The molecule has 4 nitrogen and oxygen atoms in total. The van der Waals surface area contributed by atoms with E-state index in [4.69, 9.17) is 5.73 Å². The fraction of sp³-hybridized carbons (Fsp3) is 0. The quantitative estimate of drug-likeness (QED) is 0.487. The van der Waals surface area contributed by atoms with E-state index in [0.29, 0.717) is 27.7 Å². The zero-order chi connectivity index (χ0) is 12.0. The molecule has 0 fully saturated rings. The lowest BCUT2D eigenvalue weighted by Crippen LogP contribution is -2.26. The van der Waals surface area contributed by atoms with Crippen LogP contribution in [0.3, 0.4) is 0 Å². The van der Waals surface area contributed by atoms with Gasteiger partial charge in [-0.25, -0.2) is 0 Å². The Morgan fingerprint density at radius 3 is 2.59 bits per heavy atom. The average Bonchev–Trinajstić information content (AvgIpc) is 2.31. The molecule has 0 aromatic heterocycles. The molecule has 17 heavy (non-hydrogen) atoms. The molecule has 86 valence electrons. The Labute approximate surface area is 98.5 Å². The van der Waals surface area contributed by atoms with Crippen molar-refractivity contribution in [2.45, 2.75) is 0 Å². The van der Waals surface area contributed by atoms with E-state index in [0.717, 1.165) is 0 Å². The molecule has 5 heteroatoms. The predicted octanol–water partition coefficient (Wildman–Crippen LogP) is 1.55. The number of benzene rings is 2. The molecule has 0 bridgehead atoms. The fourth-order valence-electron chi connectivity index (χ4n) is 2.02. The van der Waals surface area contributed by atoms with Crippen molar-refractivity contribution < 1.29 is 9.46 Å². The second-order valence-corrected chi connectivity index (χ2v) is 6.11. The summed E-state index contributed by atoms with van der Waals surface area (Å²) >= 11 is 0. The van der Waals surface area contributed by atoms with Gasteiger partial charge in [0.15, 0.2) is 0 Å². The van der Waals surface area contributed by atoms with E-state index in [1.807, 2.05) is 6.07 Å². The molecular formula is C12H11N2O2P. The van der Waals surface area contributed by atoms with Crippen molar-refractivity contribution in [3.63, 3.8) is 0 Å². The van der Waals surface area contributed by atoms with Crippen LogP contribution in [-0.2, 0) is 4.57 Å². The minimum absolute atomic E-state index is 0.371. The summed E-state index contributed by atoms with van der Waals surface area (Å²) in [6, 6.07) is 12.0. The maximum atomic E-state index is 12.5. The molecule has 0 saturated carbocycles. The molecule has 1 atom stereocenters. The Morgan fingerprint density at radius 1 is 1.06 bits per heavy atom. The number of fused-ring (bicyclic) bond motifs is 2. The van der Waals surface area contributed by atoms with Crippen LogP contribution in [0.1, 0.15) is 0 Å². The molecule has 1 aliphatic heterocycles. The number of anilines is 3. The average molecular weight is 246 g/mol. The van der Waals surface area contributed by atoms with Gasteiger partial charge in [0.2, 0.25) is 0 Å². The van der Waals surface area contributed by atoms with E-state index in [-0.39, 0.29) is 0 Å². The third kappa shape index (κ3) is 1.46. The fourth-order valence-corrected chi connectivity index (χ4v) is 3.81. The van der Waals surface area contributed by atoms with E-state index < -0.39 is 7.37 Å². The van der Waals surface area contributed by atoms with Crippen molar-refractivity contribution in [1.82, 2.24) is 0 Å². The molecule has 2 aromatic rings. The van der Waals surface area contributed by atoms with E-state index in [1.54, 1.807) is 36.4 Å². The molecule has 0 spiro atoms. The van der Waals surface area contributed by atoms with Crippen LogP contribution in [0.2, 0.25) is 0 Å². The van der Waals surface area contributed by atoms with Crippen LogP contribution in [0, 0.1) is 0 Å². The smallest absolute Gasteiger partial charge is 0.262 e. The van der Waals surface area contributed by atoms with Gasteiger partial charge in [-0.1, -0.05) is 12.1 Å². The maximum absolute atomic E-state index is 12.5. The van der Waals surface area contributed by atoms with Crippen molar-refractivity contribution >= 4 is 35.0 Å². The Balaban J connectivity index is 2.31. The molecule has 1 heterocycles. The summed E-state index contributed by atoms with van der Waals surface area (Å²) in [4.78, 5) is 10.3. The molecule has 1 aliphatic rings. The molecule has 0 saturated heterocycles. The van der Waals surface area contributed by atoms with Crippen LogP contribution in [-0.4, -0.2) is 4.89 Å². The minimum Gasteiger partial charge on any atom is -0.399 e. The third-order valence-corrected chi connectivity index (χ3v) is 4.91. The number of nitrogen functional groups attached to an aromatic ring is 1. The highest BCUT2D eigenvalue weighted by molar-refractivity contribution is 7.74. The first-order valence-corrected chi connectivity index (χ1v) is 6.84. The number of nitrogens with two attached hydrogens (primary N) is 1. The second-order valence-electron chi connectivity index (χ2n) is 3.99. The Kier molecular flexibility index (Phi) is 2.05. The molecule has 0 aliphatic carbocycles. The second kappa shape index (κ2) is 3.36. The number of nitrogens with one attached hydrogen (secondary N) is 1. The van der Waals surface area contributed by atoms with E-state index >= 15 is 0 Å². The molecule has 0 amide bonds. The maximum Gasteiger partial charge on any atom is 0.262 e. The summed E-state index contributed by atoms with van der Waals surface area (Å²) in [5.74, 6) is 0. The van der Waals surface area contributed by atoms with Crippen molar-refractivity contribution in [3.8, 4) is 0 Å². The first-order chi connectivity index (χ1) is 8.09. The first-order valence-electron chi connectivity index (χ1n) is 5.18. The topological polar surface area (TPSA) is 75.4 Å². The number of rotatable bonds is 0. The van der Waals surface area contributed by atoms with Gasteiger partial charge in [-0.15, -0.1) is 0 Å². The third-order valence-electron chi connectivity index (χ3n) is 2.85. The van der Waals surface area contributed by atoms with Crippen LogP contribution in [0.5, 0.6) is 0 Å². The summed E-state index contributed by atoms with van der Waals surface area (Å²) in [5, 5.41) is 3.94. The summed E-state index contributed by atoms with van der Waals surface area (Å²) in [5.41, 5.74) is 7.47. The zero-order valence-corrected chi connectivity index (χ0v) is 9.82. The van der Waals surface area contributed by atoms with E-state index in [1.165, 1.54) is 0 Å². The molecule has 4 N–H and O–H groups in total. The lowest BCUT2D eigenvalue weighted by molar-refractivity contribution is 0.501. The zero-order valence-electron chi connectivity index (χ0n) is 8.92. The summed E-state index contributed by atoms with van der Waals surface area (Å²) in [6.07, 6.45) is 0. The number of hydrogen-bond acceptors (Lipinski definition) is 3. The standard InChI is InChI=1S/C12H11N2O2P/c13-8-5-6-10-12(7-8)17(15,16)11-4-2-1-3-9(11)14-10/h1-7,14H,13H2,(H,15,16). The van der Waals surface area contributed by atoms with Gasteiger partial charge in [0.1, 0.15) is 0 Å². The molecule has 2 aromatic carbocycles. The number of para-hydroxylation sites is 1. The van der Waals surface area contributed by atoms with E-state index in [9.17, 15) is 9.46 Å². The first kappa shape index (κ1) is 10.4. The van der Waals surface area contributed by atoms with Crippen LogP contribution in [0.25, 0.3) is 0 Å². The monoisotopic (exact) mass is 246 g/mol. The SMILES string of the molecule is Nc1ccc2c(c1)P(=O)(O)c1ccccc1N2. The summed E-state index contributed by atoms with van der Waals surface area (Å²) < 4.78 is 12.5. The molecule has 3 rings (SSSR count). The largest absolute Gasteiger partial charge is 0.399 e. The highest BCUT2D eigenvalue weighted by Gasteiger charge is 2.33. The Morgan fingerprint density at radius 2 is 1.76 bits per heavy atom. The predicted molar refractivity (Wildman–Crippen MR) is 69.7 cm³/mol. The van der Waals surface area contributed by atoms with Crippen LogP contribution in [0.15, 0.2) is 42.5 Å². The minimum atomic E-state index is -3.54. The van der Waals surface area contributed by atoms with Gasteiger partial charge in [-0.2, -0.15) is 0 Å². The number of hydrogen-bond donors (Lipinski definition) is 3. The van der Waals surface area contributed by atoms with Crippen molar-refractivity contribution in [2.24, 2.45) is 0 Å². The van der Waals surface area contributed by atoms with Gasteiger partial charge in [-0.3, -0.25) is 4.57 Å². The Hall–Kier alpha value is -1.77. The summed E-state index contributed by atoms with van der Waals surface area (Å²) in [6.45, 7) is 0. The van der Waals surface area contributed by atoms with Crippen molar-refractivity contribution in [2.75, 3.05) is 11.1 Å². The van der Waals surface area contributed by atoms with E-state index in [2.05, 4.69) is 5.32 Å². The van der Waals surface area contributed by atoms with Crippen molar-refractivity contribution in [3.05, 3.63) is 42.5 Å². The van der Waals surface area contributed by atoms with Gasteiger partial charge in [0.25, 0.3) is 7.37 Å². The van der Waals surface area contributed by atoms with Crippen LogP contribution in [0.4, 0.5) is 17.1 Å². The molecule has 1 unspecified atom stereocenters. The molecule has 0 radical (unpaired) electrons.